The van der Waals surface area contributed by atoms with Crippen molar-refractivity contribution in [3.8, 4) is 0 Å². The molecule has 1 aliphatic heterocycles. The number of nitrogens with one attached hydrogen (secondary N) is 2. The van der Waals surface area contributed by atoms with Crippen LogP contribution >= 0.6 is 0 Å². The van der Waals surface area contributed by atoms with E-state index in [2.05, 4.69) is 36.8 Å². The number of benzene rings is 1. The van der Waals surface area contributed by atoms with Crippen molar-refractivity contribution < 1.29 is 4.74 Å². The third kappa shape index (κ3) is 2.56. The van der Waals surface area contributed by atoms with Gasteiger partial charge in [0.2, 0.25) is 0 Å². The van der Waals surface area contributed by atoms with Crippen molar-refractivity contribution in [1.29, 1.82) is 0 Å². The molecule has 3 nitrogen and oxygen atoms in total. The number of rotatable bonds is 3. The Morgan fingerprint density at radius 3 is 2.27 bits per heavy atom. The summed E-state index contributed by atoms with van der Waals surface area (Å²) in [5.41, 5.74) is 7.59. The number of ether oxygens (including phenoxy) is 1. The molecule has 2 rings (SSSR count). The zero-order valence-electron chi connectivity index (χ0n) is 9.23. The Labute approximate surface area is 90.8 Å². The maximum Gasteiger partial charge on any atom is 0.0906 e. The molecule has 0 aliphatic carbocycles. The highest BCUT2D eigenvalue weighted by atomic mass is 16.5. The van der Waals surface area contributed by atoms with Crippen molar-refractivity contribution in [2.24, 2.45) is 0 Å². The topological polar surface area (TPSA) is 33.3 Å². The van der Waals surface area contributed by atoms with E-state index in [1.807, 2.05) is 18.2 Å². The molecule has 2 atom stereocenters. The van der Waals surface area contributed by atoms with E-state index in [0.29, 0.717) is 18.7 Å². The maximum absolute atomic E-state index is 5.89. The average Bonchev–Trinajstić information content (AvgIpc) is 2.58. The Kier molecular flexibility index (Phi) is 3.36. The van der Waals surface area contributed by atoms with Gasteiger partial charge in [-0.05, 0) is 19.4 Å². The minimum absolute atomic E-state index is 0.241. The van der Waals surface area contributed by atoms with Gasteiger partial charge >= 0.3 is 0 Å². The molecule has 2 unspecified atom stereocenters. The van der Waals surface area contributed by atoms with Crippen LogP contribution in [0.1, 0.15) is 19.4 Å². The Morgan fingerprint density at radius 1 is 1.07 bits per heavy atom. The molecule has 0 bridgehead atoms. The SMILES string of the molecule is CC1NNC(C)C1OCc1ccccc1. The Balaban J connectivity index is 1.88. The van der Waals surface area contributed by atoms with E-state index in [9.17, 15) is 0 Å². The van der Waals surface area contributed by atoms with E-state index in [0.717, 1.165) is 0 Å². The van der Waals surface area contributed by atoms with Crippen molar-refractivity contribution in [3.05, 3.63) is 35.9 Å². The van der Waals surface area contributed by atoms with Crippen molar-refractivity contribution in [3.63, 3.8) is 0 Å². The zero-order chi connectivity index (χ0) is 10.7. The molecule has 0 spiro atoms. The van der Waals surface area contributed by atoms with Crippen LogP contribution in [0.25, 0.3) is 0 Å². The van der Waals surface area contributed by atoms with Crippen LogP contribution in [-0.4, -0.2) is 18.2 Å². The third-order valence-electron chi connectivity index (χ3n) is 2.81. The van der Waals surface area contributed by atoms with Gasteiger partial charge in [-0.1, -0.05) is 30.3 Å². The highest BCUT2D eigenvalue weighted by Gasteiger charge is 2.30. The van der Waals surface area contributed by atoms with Crippen molar-refractivity contribution in [2.45, 2.75) is 38.6 Å². The molecular weight excluding hydrogens is 188 g/mol. The standard InChI is InChI=1S/C12H18N2O/c1-9-12(10(2)14-13-9)15-8-11-6-4-3-5-7-11/h3-7,9-10,12-14H,8H2,1-2H3. The van der Waals surface area contributed by atoms with Crippen molar-refractivity contribution >= 4 is 0 Å². The summed E-state index contributed by atoms with van der Waals surface area (Å²) in [5.74, 6) is 0. The van der Waals surface area contributed by atoms with E-state index in [-0.39, 0.29) is 6.10 Å². The first kappa shape index (κ1) is 10.6. The van der Waals surface area contributed by atoms with Gasteiger partial charge in [0.1, 0.15) is 0 Å². The van der Waals surface area contributed by atoms with E-state index in [1.54, 1.807) is 0 Å². The average molecular weight is 206 g/mol. The summed E-state index contributed by atoms with van der Waals surface area (Å²) in [4.78, 5) is 0. The molecule has 0 saturated carbocycles. The first-order chi connectivity index (χ1) is 7.27. The van der Waals surface area contributed by atoms with Crippen LogP contribution in [0, 0.1) is 0 Å². The van der Waals surface area contributed by atoms with Crippen LogP contribution in [0.15, 0.2) is 30.3 Å². The first-order valence-electron chi connectivity index (χ1n) is 5.44. The Bertz CT molecular complexity index is 292. The second kappa shape index (κ2) is 4.75. The van der Waals surface area contributed by atoms with Crippen LogP contribution in [0.5, 0.6) is 0 Å². The minimum Gasteiger partial charge on any atom is -0.370 e. The highest BCUT2D eigenvalue weighted by Crippen LogP contribution is 2.12. The van der Waals surface area contributed by atoms with Gasteiger partial charge in [0, 0.05) is 12.1 Å². The van der Waals surface area contributed by atoms with Gasteiger partial charge in [0.05, 0.1) is 12.7 Å². The fraction of sp³-hybridized carbons (Fsp3) is 0.500. The molecule has 15 heavy (non-hydrogen) atoms. The molecule has 1 aliphatic rings. The summed E-state index contributed by atoms with van der Waals surface area (Å²) >= 11 is 0. The Morgan fingerprint density at radius 2 is 1.67 bits per heavy atom. The minimum atomic E-state index is 0.241. The molecule has 2 N–H and O–H groups in total. The monoisotopic (exact) mass is 206 g/mol. The van der Waals surface area contributed by atoms with E-state index < -0.39 is 0 Å². The molecule has 0 aromatic heterocycles. The second-order valence-electron chi connectivity index (χ2n) is 4.13. The van der Waals surface area contributed by atoms with E-state index >= 15 is 0 Å². The fourth-order valence-electron chi connectivity index (χ4n) is 1.92. The van der Waals surface area contributed by atoms with E-state index in [4.69, 9.17) is 4.74 Å². The van der Waals surface area contributed by atoms with Crippen molar-refractivity contribution in [2.75, 3.05) is 0 Å². The third-order valence-corrected chi connectivity index (χ3v) is 2.81. The van der Waals surface area contributed by atoms with E-state index in [1.165, 1.54) is 5.56 Å². The van der Waals surface area contributed by atoms with Gasteiger partial charge in [-0.3, -0.25) is 10.9 Å². The van der Waals surface area contributed by atoms with Gasteiger partial charge in [-0.15, -0.1) is 0 Å². The lowest BCUT2D eigenvalue weighted by atomic mass is 10.1. The van der Waals surface area contributed by atoms with Gasteiger partial charge in [0.25, 0.3) is 0 Å². The summed E-state index contributed by atoms with van der Waals surface area (Å²) in [6.45, 7) is 4.95. The predicted octanol–water partition coefficient (Wildman–Crippen LogP) is 1.46. The fourth-order valence-corrected chi connectivity index (χ4v) is 1.92. The highest BCUT2D eigenvalue weighted by molar-refractivity contribution is 5.13. The first-order valence-corrected chi connectivity index (χ1v) is 5.44. The molecule has 0 radical (unpaired) electrons. The molecule has 82 valence electrons. The van der Waals surface area contributed by atoms with Crippen LogP contribution in [0.3, 0.4) is 0 Å². The number of hydrazine groups is 1. The molecule has 0 amide bonds. The number of hydrogen-bond donors (Lipinski definition) is 2. The normalized spacial score (nSPS) is 30.7. The smallest absolute Gasteiger partial charge is 0.0906 e. The van der Waals surface area contributed by atoms with Gasteiger partial charge < -0.3 is 4.74 Å². The largest absolute Gasteiger partial charge is 0.370 e. The molecule has 1 fully saturated rings. The number of hydrogen-bond acceptors (Lipinski definition) is 3. The lowest BCUT2D eigenvalue weighted by molar-refractivity contribution is 0.0274. The van der Waals surface area contributed by atoms with Crippen LogP contribution < -0.4 is 10.9 Å². The van der Waals surface area contributed by atoms with Crippen LogP contribution in [-0.2, 0) is 11.3 Å². The second-order valence-corrected chi connectivity index (χ2v) is 4.13. The predicted molar refractivity (Wildman–Crippen MR) is 60.2 cm³/mol. The zero-order valence-corrected chi connectivity index (χ0v) is 9.23. The van der Waals surface area contributed by atoms with Crippen molar-refractivity contribution in [1.82, 2.24) is 10.9 Å². The quantitative estimate of drug-likeness (QED) is 0.785. The molecular formula is C12H18N2O. The van der Waals surface area contributed by atoms with Crippen LogP contribution in [0.4, 0.5) is 0 Å². The summed E-state index contributed by atoms with van der Waals surface area (Å²) in [6.07, 6.45) is 0.241. The molecule has 1 aromatic rings. The van der Waals surface area contributed by atoms with Gasteiger partial charge in [-0.25, -0.2) is 0 Å². The molecule has 1 heterocycles. The summed E-state index contributed by atoms with van der Waals surface area (Å²) in [7, 11) is 0. The Hall–Kier alpha value is -0.900. The van der Waals surface area contributed by atoms with Crippen LogP contribution in [0.2, 0.25) is 0 Å². The molecule has 1 saturated heterocycles. The summed E-state index contributed by atoms with van der Waals surface area (Å²) < 4.78 is 5.89. The maximum atomic E-state index is 5.89. The summed E-state index contributed by atoms with van der Waals surface area (Å²) in [5, 5.41) is 0. The lowest BCUT2D eigenvalue weighted by Crippen LogP contribution is -2.32. The molecule has 1 aromatic carbocycles. The lowest BCUT2D eigenvalue weighted by Gasteiger charge is -2.18. The van der Waals surface area contributed by atoms with Gasteiger partial charge in [0.15, 0.2) is 0 Å². The summed E-state index contributed by atoms with van der Waals surface area (Å²) in [6, 6.07) is 11.0. The van der Waals surface area contributed by atoms with Gasteiger partial charge in [-0.2, -0.15) is 0 Å². The molecule has 3 heteroatoms.